The van der Waals surface area contributed by atoms with Gasteiger partial charge in [0.25, 0.3) is 10.0 Å². The number of halogens is 2. The van der Waals surface area contributed by atoms with Gasteiger partial charge < -0.3 is 10.2 Å². The Hall–Kier alpha value is -3.85. The highest BCUT2D eigenvalue weighted by Crippen LogP contribution is 2.31. The van der Waals surface area contributed by atoms with E-state index < -0.39 is 28.5 Å². The average Bonchev–Trinajstić information content (AvgIpc) is 3.08. The van der Waals surface area contributed by atoms with Crippen LogP contribution in [0.15, 0.2) is 95.9 Å². The Labute approximate surface area is 300 Å². The number of nitrogens with zero attached hydrogens (tertiary/aromatic N) is 2. The van der Waals surface area contributed by atoms with Crippen LogP contribution >= 0.6 is 23.2 Å². The topological polar surface area (TPSA) is 86.8 Å². The molecule has 1 unspecified atom stereocenters. The van der Waals surface area contributed by atoms with Gasteiger partial charge in [-0.05, 0) is 80.6 Å². The molecule has 4 aromatic carbocycles. The molecule has 10 heteroatoms. The Bertz CT molecular complexity index is 1860. The SMILES string of the molecule is Cc1ccc(S(=O)(=O)N(CC(=O)N(Cc2c(Cl)cccc2Cl)C(Cc2ccccc2)C(=O)NC2CCCCC2)c2cc(C)ccc2C)cc1. The van der Waals surface area contributed by atoms with Gasteiger partial charge in [-0.3, -0.25) is 13.9 Å². The molecule has 0 spiro atoms. The molecule has 0 aromatic heterocycles. The van der Waals surface area contributed by atoms with Crippen molar-refractivity contribution in [2.75, 3.05) is 10.8 Å². The maximum atomic E-state index is 14.9. The minimum Gasteiger partial charge on any atom is -0.352 e. The van der Waals surface area contributed by atoms with E-state index in [-0.39, 0.29) is 29.8 Å². The first-order valence-electron chi connectivity index (χ1n) is 16.7. The van der Waals surface area contributed by atoms with Crippen LogP contribution in [0.3, 0.4) is 0 Å². The number of carbonyl (C=O) groups is 2. The molecule has 1 N–H and O–H groups in total. The van der Waals surface area contributed by atoms with Gasteiger partial charge in [0, 0.05) is 34.6 Å². The predicted molar refractivity (Wildman–Crippen MR) is 198 cm³/mol. The van der Waals surface area contributed by atoms with Gasteiger partial charge in [0.05, 0.1) is 10.6 Å². The van der Waals surface area contributed by atoms with Gasteiger partial charge in [0.15, 0.2) is 0 Å². The van der Waals surface area contributed by atoms with Gasteiger partial charge in [-0.2, -0.15) is 0 Å². The van der Waals surface area contributed by atoms with E-state index in [2.05, 4.69) is 5.32 Å². The van der Waals surface area contributed by atoms with Crippen molar-refractivity contribution in [1.29, 1.82) is 0 Å². The summed E-state index contributed by atoms with van der Waals surface area (Å²) in [4.78, 5) is 30.7. The first-order valence-corrected chi connectivity index (χ1v) is 18.9. The van der Waals surface area contributed by atoms with E-state index in [4.69, 9.17) is 23.2 Å². The molecule has 0 heterocycles. The zero-order valence-corrected chi connectivity index (χ0v) is 30.5. The van der Waals surface area contributed by atoms with Crippen molar-refractivity contribution in [2.24, 2.45) is 0 Å². The summed E-state index contributed by atoms with van der Waals surface area (Å²) in [5.41, 5.74) is 4.14. The smallest absolute Gasteiger partial charge is 0.264 e. The number of hydrogen-bond acceptors (Lipinski definition) is 4. The molecule has 49 heavy (non-hydrogen) atoms. The maximum absolute atomic E-state index is 14.9. The molecule has 258 valence electrons. The molecule has 7 nitrogen and oxygen atoms in total. The molecule has 1 aliphatic rings. The van der Waals surface area contributed by atoms with Crippen molar-refractivity contribution < 1.29 is 18.0 Å². The Morgan fingerprint density at radius 2 is 1.45 bits per heavy atom. The summed E-state index contributed by atoms with van der Waals surface area (Å²) < 4.78 is 30.0. The first kappa shape index (κ1) is 36.4. The van der Waals surface area contributed by atoms with E-state index in [1.54, 1.807) is 48.5 Å². The lowest BCUT2D eigenvalue weighted by Crippen LogP contribution is -2.55. The number of amides is 2. The molecule has 1 saturated carbocycles. The predicted octanol–water partition coefficient (Wildman–Crippen LogP) is 8.20. The third kappa shape index (κ3) is 9.04. The van der Waals surface area contributed by atoms with Crippen LogP contribution in [0, 0.1) is 20.8 Å². The van der Waals surface area contributed by atoms with Crippen LogP contribution < -0.4 is 9.62 Å². The molecular weight excluding hydrogens is 677 g/mol. The van der Waals surface area contributed by atoms with Crippen molar-refractivity contribution in [3.05, 3.63) is 129 Å². The van der Waals surface area contributed by atoms with Crippen LogP contribution in [-0.2, 0) is 32.6 Å². The van der Waals surface area contributed by atoms with Crippen molar-refractivity contribution in [2.45, 2.75) is 82.8 Å². The third-order valence-electron chi connectivity index (χ3n) is 9.13. The molecule has 0 bridgehead atoms. The number of aryl methyl sites for hydroxylation is 3. The fourth-order valence-corrected chi connectivity index (χ4v) is 8.28. The van der Waals surface area contributed by atoms with E-state index in [9.17, 15) is 18.0 Å². The van der Waals surface area contributed by atoms with Crippen LogP contribution in [0.4, 0.5) is 5.69 Å². The quantitative estimate of drug-likeness (QED) is 0.160. The summed E-state index contributed by atoms with van der Waals surface area (Å²) in [5.74, 6) is -0.862. The second kappa shape index (κ2) is 16.2. The van der Waals surface area contributed by atoms with Gasteiger partial charge in [0.2, 0.25) is 11.8 Å². The fraction of sp³-hybridized carbons (Fsp3) is 0.333. The molecule has 1 atom stereocenters. The lowest BCUT2D eigenvalue weighted by atomic mass is 9.94. The van der Waals surface area contributed by atoms with Crippen molar-refractivity contribution in [3.63, 3.8) is 0 Å². The normalized spacial score (nSPS) is 14.2. The highest BCUT2D eigenvalue weighted by Gasteiger charge is 2.36. The van der Waals surface area contributed by atoms with E-state index in [1.165, 1.54) is 4.90 Å². The summed E-state index contributed by atoms with van der Waals surface area (Å²) in [6.07, 6.45) is 5.11. The van der Waals surface area contributed by atoms with Crippen molar-refractivity contribution in [3.8, 4) is 0 Å². The lowest BCUT2D eigenvalue weighted by Gasteiger charge is -2.35. The van der Waals surface area contributed by atoms with Gasteiger partial charge in [-0.1, -0.05) is 109 Å². The van der Waals surface area contributed by atoms with Crippen LogP contribution in [0.2, 0.25) is 10.0 Å². The molecular formula is C39H43Cl2N3O4S. The highest BCUT2D eigenvalue weighted by molar-refractivity contribution is 7.92. The van der Waals surface area contributed by atoms with Gasteiger partial charge in [-0.25, -0.2) is 8.42 Å². The summed E-state index contributed by atoms with van der Waals surface area (Å²) in [6, 6.07) is 25.6. The third-order valence-corrected chi connectivity index (χ3v) is 11.6. The van der Waals surface area contributed by atoms with E-state index in [0.29, 0.717) is 26.9 Å². The second-order valence-electron chi connectivity index (χ2n) is 12.9. The average molecular weight is 721 g/mol. The molecule has 1 aliphatic carbocycles. The minimum absolute atomic E-state index is 0.00580. The molecule has 5 rings (SSSR count). The van der Waals surface area contributed by atoms with E-state index in [1.807, 2.05) is 63.2 Å². The van der Waals surface area contributed by atoms with Crippen LogP contribution in [0.1, 0.15) is 59.9 Å². The number of anilines is 1. The molecule has 0 radical (unpaired) electrons. The number of sulfonamides is 1. The first-order chi connectivity index (χ1) is 23.4. The molecule has 0 saturated heterocycles. The van der Waals surface area contributed by atoms with Gasteiger partial charge in [-0.15, -0.1) is 0 Å². The van der Waals surface area contributed by atoms with Crippen LogP contribution in [-0.4, -0.2) is 43.8 Å². The number of benzene rings is 4. The largest absolute Gasteiger partial charge is 0.352 e. The molecule has 2 amide bonds. The Morgan fingerprint density at radius 3 is 2.10 bits per heavy atom. The standard InChI is InChI=1S/C39H43Cl2N3O4S/c1-27-18-21-32(22-19-27)49(47,48)44(36-23-28(2)17-20-29(36)3)26-38(45)43(25-33-34(40)15-10-16-35(33)41)37(24-30-11-6-4-7-12-30)39(46)42-31-13-8-5-9-14-31/h4,6-7,10-12,15-23,31,37H,5,8-9,13-14,24-26H2,1-3H3,(H,42,46). The Balaban J connectivity index is 1.61. The lowest BCUT2D eigenvalue weighted by molar-refractivity contribution is -0.140. The highest BCUT2D eigenvalue weighted by atomic mass is 35.5. The summed E-state index contributed by atoms with van der Waals surface area (Å²) in [5, 5.41) is 3.91. The summed E-state index contributed by atoms with van der Waals surface area (Å²) in [7, 11) is -4.22. The maximum Gasteiger partial charge on any atom is 0.264 e. The van der Waals surface area contributed by atoms with Crippen LogP contribution in [0.25, 0.3) is 0 Å². The molecule has 0 aliphatic heterocycles. The monoisotopic (exact) mass is 719 g/mol. The fourth-order valence-electron chi connectivity index (χ4n) is 6.29. The molecule has 4 aromatic rings. The van der Waals surface area contributed by atoms with E-state index >= 15 is 0 Å². The number of hydrogen-bond donors (Lipinski definition) is 1. The Kier molecular flexibility index (Phi) is 12.1. The van der Waals surface area contributed by atoms with Gasteiger partial charge >= 0.3 is 0 Å². The molecule has 1 fully saturated rings. The van der Waals surface area contributed by atoms with Gasteiger partial charge in [0.1, 0.15) is 12.6 Å². The Morgan fingerprint density at radius 1 is 0.816 bits per heavy atom. The number of carbonyl (C=O) groups excluding carboxylic acids is 2. The second-order valence-corrected chi connectivity index (χ2v) is 15.6. The van der Waals surface area contributed by atoms with E-state index in [0.717, 1.165) is 53.1 Å². The minimum atomic E-state index is -4.22. The zero-order chi connectivity index (χ0) is 35.1. The number of nitrogens with one attached hydrogen (secondary N) is 1. The summed E-state index contributed by atoms with van der Waals surface area (Å²) in [6.45, 7) is 4.92. The summed E-state index contributed by atoms with van der Waals surface area (Å²) >= 11 is 13.3. The van der Waals surface area contributed by atoms with Crippen LogP contribution in [0.5, 0.6) is 0 Å². The van der Waals surface area contributed by atoms with Crippen molar-refractivity contribution >= 4 is 50.7 Å². The zero-order valence-electron chi connectivity index (χ0n) is 28.2. The number of rotatable bonds is 12. The van der Waals surface area contributed by atoms with Crippen molar-refractivity contribution in [1.82, 2.24) is 10.2 Å².